The standard InChI is InChI=1S/C8H14N2O/c1-8(5-4-6-11)7-9-10(2)3/h4-7,9H,1-3H3. The van der Waals surface area contributed by atoms with E-state index in [1.165, 1.54) is 6.08 Å². The summed E-state index contributed by atoms with van der Waals surface area (Å²) in [6, 6.07) is 0. The van der Waals surface area contributed by atoms with E-state index < -0.39 is 0 Å². The molecule has 0 aromatic carbocycles. The highest BCUT2D eigenvalue weighted by Crippen LogP contribution is 1.90. The predicted molar refractivity (Wildman–Crippen MR) is 45.8 cm³/mol. The van der Waals surface area contributed by atoms with Gasteiger partial charge in [-0.2, -0.15) is 0 Å². The molecule has 3 nitrogen and oxygen atoms in total. The second kappa shape index (κ2) is 5.68. The summed E-state index contributed by atoms with van der Waals surface area (Å²) in [6.45, 7) is 1.91. The Kier molecular flexibility index (Phi) is 5.11. The van der Waals surface area contributed by atoms with E-state index >= 15 is 0 Å². The molecule has 0 unspecified atom stereocenters. The molecule has 0 aliphatic carbocycles. The normalized spacial score (nSPS) is 12.5. The number of allylic oxidation sites excluding steroid dienone is 3. The van der Waals surface area contributed by atoms with Crippen molar-refractivity contribution in [2.75, 3.05) is 14.1 Å². The number of hydrogen-bond acceptors (Lipinski definition) is 3. The monoisotopic (exact) mass is 154 g/mol. The number of hydrazine groups is 1. The van der Waals surface area contributed by atoms with Crippen LogP contribution in [0.1, 0.15) is 6.92 Å². The van der Waals surface area contributed by atoms with Crippen LogP contribution in [-0.2, 0) is 4.79 Å². The second-order valence-electron chi connectivity index (χ2n) is 2.41. The molecular weight excluding hydrogens is 140 g/mol. The fourth-order valence-corrected chi connectivity index (χ4v) is 0.470. The summed E-state index contributed by atoms with van der Waals surface area (Å²) in [6.07, 6.45) is 5.78. The number of hydrogen-bond donors (Lipinski definition) is 1. The van der Waals surface area contributed by atoms with E-state index in [4.69, 9.17) is 0 Å². The lowest BCUT2D eigenvalue weighted by atomic mass is 10.3. The van der Waals surface area contributed by atoms with E-state index in [9.17, 15) is 4.79 Å². The first-order chi connectivity index (χ1) is 5.16. The molecule has 0 spiro atoms. The van der Waals surface area contributed by atoms with Crippen LogP contribution in [0.2, 0.25) is 0 Å². The quantitative estimate of drug-likeness (QED) is 0.280. The highest BCUT2D eigenvalue weighted by atomic mass is 16.1. The van der Waals surface area contributed by atoms with Crippen molar-refractivity contribution in [3.05, 3.63) is 23.9 Å². The number of aldehydes is 1. The van der Waals surface area contributed by atoms with Gasteiger partial charge in [0.2, 0.25) is 0 Å². The van der Waals surface area contributed by atoms with E-state index in [0.717, 1.165) is 11.9 Å². The van der Waals surface area contributed by atoms with Gasteiger partial charge in [-0.3, -0.25) is 4.79 Å². The first-order valence-electron chi connectivity index (χ1n) is 3.39. The van der Waals surface area contributed by atoms with Gasteiger partial charge in [-0.25, -0.2) is 5.01 Å². The van der Waals surface area contributed by atoms with Crippen molar-refractivity contribution < 1.29 is 4.79 Å². The van der Waals surface area contributed by atoms with Crippen molar-refractivity contribution in [1.82, 2.24) is 10.4 Å². The largest absolute Gasteiger partial charge is 0.326 e. The first-order valence-corrected chi connectivity index (χ1v) is 3.39. The molecule has 0 aromatic rings. The van der Waals surface area contributed by atoms with Crippen molar-refractivity contribution in [2.24, 2.45) is 0 Å². The maximum Gasteiger partial charge on any atom is 0.142 e. The summed E-state index contributed by atoms with van der Waals surface area (Å²) in [5.74, 6) is 0. The van der Waals surface area contributed by atoms with Gasteiger partial charge >= 0.3 is 0 Å². The van der Waals surface area contributed by atoms with E-state index in [1.54, 1.807) is 6.08 Å². The maximum absolute atomic E-state index is 9.90. The number of rotatable bonds is 4. The van der Waals surface area contributed by atoms with Crippen LogP contribution in [0.5, 0.6) is 0 Å². The SMILES string of the molecule is CC(C=CC=O)=CNN(C)C. The van der Waals surface area contributed by atoms with Crippen molar-refractivity contribution in [2.45, 2.75) is 6.92 Å². The summed E-state index contributed by atoms with van der Waals surface area (Å²) in [4.78, 5) is 9.90. The molecule has 11 heavy (non-hydrogen) atoms. The molecule has 0 aromatic heterocycles. The van der Waals surface area contributed by atoms with Gasteiger partial charge < -0.3 is 5.43 Å². The number of nitrogens with zero attached hydrogens (tertiary/aromatic N) is 1. The minimum atomic E-state index is 0.757. The molecule has 0 saturated carbocycles. The fraction of sp³-hybridized carbons (Fsp3) is 0.375. The molecule has 0 fully saturated rings. The average molecular weight is 154 g/mol. The average Bonchev–Trinajstić information content (AvgIpc) is 1.97. The Bertz CT molecular complexity index is 171. The lowest BCUT2D eigenvalue weighted by Crippen LogP contribution is -2.25. The Morgan fingerprint density at radius 2 is 2.09 bits per heavy atom. The third kappa shape index (κ3) is 6.80. The molecule has 0 aliphatic heterocycles. The molecule has 0 amide bonds. The van der Waals surface area contributed by atoms with E-state index in [0.29, 0.717) is 0 Å². The van der Waals surface area contributed by atoms with Gasteiger partial charge in [-0.05, 0) is 18.6 Å². The van der Waals surface area contributed by atoms with Gasteiger partial charge in [0, 0.05) is 20.3 Å². The smallest absolute Gasteiger partial charge is 0.142 e. The van der Waals surface area contributed by atoms with E-state index in [1.807, 2.05) is 32.2 Å². The molecule has 0 heterocycles. The third-order valence-corrected chi connectivity index (χ3v) is 0.988. The van der Waals surface area contributed by atoms with Gasteiger partial charge in [0.05, 0.1) is 0 Å². The molecule has 0 bridgehead atoms. The second-order valence-corrected chi connectivity index (χ2v) is 2.41. The molecule has 0 atom stereocenters. The van der Waals surface area contributed by atoms with E-state index in [2.05, 4.69) is 5.43 Å². The molecule has 1 N–H and O–H groups in total. The van der Waals surface area contributed by atoms with Crippen molar-refractivity contribution in [3.8, 4) is 0 Å². The van der Waals surface area contributed by atoms with Gasteiger partial charge in [0.15, 0.2) is 0 Å². The Morgan fingerprint density at radius 3 is 2.55 bits per heavy atom. The Balaban J connectivity index is 3.80. The van der Waals surface area contributed by atoms with Gasteiger partial charge in [-0.15, -0.1) is 0 Å². The summed E-state index contributed by atoms with van der Waals surface area (Å²) in [7, 11) is 3.79. The topological polar surface area (TPSA) is 32.3 Å². The molecular formula is C8H14N2O. The summed E-state index contributed by atoms with van der Waals surface area (Å²) >= 11 is 0. The Hall–Kier alpha value is -1.09. The molecule has 3 heteroatoms. The lowest BCUT2D eigenvalue weighted by Gasteiger charge is -2.08. The fourth-order valence-electron chi connectivity index (χ4n) is 0.470. The van der Waals surface area contributed by atoms with Crippen LogP contribution in [-0.4, -0.2) is 25.4 Å². The number of carbonyl (C=O) groups is 1. The van der Waals surface area contributed by atoms with Crippen LogP contribution < -0.4 is 5.43 Å². The zero-order valence-electron chi connectivity index (χ0n) is 7.16. The van der Waals surface area contributed by atoms with Gasteiger partial charge in [0.25, 0.3) is 0 Å². The van der Waals surface area contributed by atoms with Crippen LogP contribution in [0.15, 0.2) is 23.9 Å². The summed E-state index contributed by atoms with van der Waals surface area (Å²) in [5, 5.41) is 1.82. The Morgan fingerprint density at radius 1 is 1.45 bits per heavy atom. The Labute approximate surface area is 67.4 Å². The third-order valence-electron chi connectivity index (χ3n) is 0.988. The first kappa shape index (κ1) is 9.91. The predicted octanol–water partition coefficient (Wildman–Crippen LogP) is 0.712. The van der Waals surface area contributed by atoms with Crippen molar-refractivity contribution in [1.29, 1.82) is 0 Å². The zero-order valence-corrected chi connectivity index (χ0v) is 7.16. The molecule has 62 valence electrons. The summed E-state index contributed by atoms with van der Waals surface area (Å²) < 4.78 is 0. The van der Waals surface area contributed by atoms with Crippen LogP contribution in [0.3, 0.4) is 0 Å². The van der Waals surface area contributed by atoms with Crippen LogP contribution >= 0.6 is 0 Å². The molecule has 0 aliphatic rings. The minimum absolute atomic E-state index is 0.757. The van der Waals surface area contributed by atoms with Crippen LogP contribution in [0.25, 0.3) is 0 Å². The summed E-state index contributed by atoms with van der Waals surface area (Å²) in [5.41, 5.74) is 3.96. The van der Waals surface area contributed by atoms with Crippen molar-refractivity contribution in [3.63, 3.8) is 0 Å². The van der Waals surface area contributed by atoms with Crippen LogP contribution in [0.4, 0.5) is 0 Å². The van der Waals surface area contributed by atoms with Crippen LogP contribution in [0, 0.1) is 0 Å². The van der Waals surface area contributed by atoms with E-state index in [-0.39, 0.29) is 0 Å². The zero-order chi connectivity index (χ0) is 8.69. The molecule has 0 saturated heterocycles. The number of carbonyl (C=O) groups excluding carboxylic acids is 1. The minimum Gasteiger partial charge on any atom is -0.326 e. The number of nitrogens with one attached hydrogen (secondary N) is 1. The van der Waals surface area contributed by atoms with Crippen molar-refractivity contribution >= 4 is 6.29 Å². The molecule has 0 rings (SSSR count). The lowest BCUT2D eigenvalue weighted by molar-refractivity contribution is -0.104. The van der Waals surface area contributed by atoms with Gasteiger partial charge in [0.1, 0.15) is 6.29 Å². The highest BCUT2D eigenvalue weighted by molar-refractivity contribution is 5.65. The highest BCUT2D eigenvalue weighted by Gasteiger charge is 1.81. The molecule has 0 radical (unpaired) electrons. The maximum atomic E-state index is 9.90. The van der Waals surface area contributed by atoms with Gasteiger partial charge in [-0.1, -0.05) is 6.08 Å².